The first-order valence-corrected chi connectivity index (χ1v) is 8.41. The van der Waals surface area contributed by atoms with E-state index in [1.165, 1.54) is 12.1 Å². The Morgan fingerprint density at radius 1 is 1.15 bits per heavy atom. The van der Waals surface area contributed by atoms with Crippen LogP contribution in [-0.2, 0) is 0 Å². The number of rotatable bonds is 4. The monoisotopic (exact) mass is 381 g/mol. The highest BCUT2D eigenvalue weighted by molar-refractivity contribution is 5.94. The number of nitrogens with zero attached hydrogens (tertiary/aromatic N) is 3. The second-order valence-electron chi connectivity index (χ2n) is 6.12. The third-order valence-electron chi connectivity index (χ3n) is 4.10. The van der Waals surface area contributed by atoms with E-state index < -0.39 is 6.36 Å². The topological polar surface area (TPSA) is 64.5 Å². The van der Waals surface area contributed by atoms with Gasteiger partial charge in [-0.3, -0.25) is 4.79 Å². The molecule has 0 bridgehead atoms. The predicted molar refractivity (Wildman–Crippen MR) is 89.4 cm³/mol. The zero-order valence-electron chi connectivity index (χ0n) is 14.6. The van der Waals surface area contributed by atoms with E-state index in [9.17, 15) is 18.0 Å². The van der Waals surface area contributed by atoms with Gasteiger partial charge in [-0.25, -0.2) is 4.98 Å². The molecule has 0 spiro atoms. The quantitative estimate of drug-likeness (QED) is 0.813. The van der Waals surface area contributed by atoms with Crippen molar-refractivity contribution in [2.24, 2.45) is 0 Å². The molecule has 0 saturated carbocycles. The summed E-state index contributed by atoms with van der Waals surface area (Å²) < 4.78 is 46.2. The minimum absolute atomic E-state index is 0.0501. The molecule has 3 rings (SSSR count). The highest BCUT2D eigenvalue weighted by atomic mass is 19.4. The molecule has 2 heterocycles. The number of hydrogen-bond acceptors (Lipinski definition) is 5. The Kier molecular flexibility index (Phi) is 5.48. The van der Waals surface area contributed by atoms with E-state index in [0.29, 0.717) is 43.2 Å². The van der Waals surface area contributed by atoms with E-state index in [1.807, 2.05) is 0 Å². The standard InChI is InChI=1S/C18H18F3N3O3/c1-12-22-9-6-16(23-12)26-14-7-10-24(11-8-14)17(25)13-2-4-15(5-3-13)27-18(19,20)21/h2-6,9,14H,7-8,10-11H2,1H3. The van der Waals surface area contributed by atoms with E-state index in [0.717, 1.165) is 12.1 Å². The van der Waals surface area contributed by atoms with Crippen molar-refractivity contribution in [1.29, 1.82) is 0 Å². The first kappa shape index (κ1) is 18.9. The molecule has 0 N–H and O–H groups in total. The fraction of sp³-hybridized carbons (Fsp3) is 0.389. The van der Waals surface area contributed by atoms with Crippen LogP contribution in [0.2, 0.25) is 0 Å². The molecule has 6 nitrogen and oxygen atoms in total. The zero-order chi connectivity index (χ0) is 19.4. The molecular formula is C18H18F3N3O3. The van der Waals surface area contributed by atoms with Gasteiger partial charge in [0.25, 0.3) is 5.91 Å². The lowest BCUT2D eigenvalue weighted by Crippen LogP contribution is -2.41. The number of likely N-dealkylation sites (tertiary alicyclic amines) is 1. The molecule has 1 aromatic carbocycles. The Balaban J connectivity index is 1.53. The Bertz CT molecular complexity index is 788. The molecular weight excluding hydrogens is 363 g/mol. The molecule has 144 valence electrons. The number of benzene rings is 1. The van der Waals surface area contributed by atoms with E-state index >= 15 is 0 Å². The van der Waals surface area contributed by atoms with Gasteiger partial charge in [0.1, 0.15) is 17.7 Å². The lowest BCUT2D eigenvalue weighted by Gasteiger charge is -2.32. The fourth-order valence-electron chi connectivity index (χ4n) is 2.83. The van der Waals surface area contributed by atoms with Crippen LogP contribution in [0.4, 0.5) is 13.2 Å². The van der Waals surface area contributed by atoms with Gasteiger partial charge in [0.15, 0.2) is 0 Å². The largest absolute Gasteiger partial charge is 0.573 e. The average molecular weight is 381 g/mol. The number of amides is 1. The van der Waals surface area contributed by atoms with Crippen molar-refractivity contribution in [3.63, 3.8) is 0 Å². The summed E-state index contributed by atoms with van der Waals surface area (Å²) in [5, 5.41) is 0. The Morgan fingerprint density at radius 3 is 2.41 bits per heavy atom. The van der Waals surface area contributed by atoms with Gasteiger partial charge in [0, 0.05) is 43.8 Å². The van der Waals surface area contributed by atoms with Crippen molar-refractivity contribution in [3.8, 4) is 11.6 Å². The lowest BCUT2D eigenvalue weighted by molar-refractivity contribution is -0.274. The predicted octanol–water partition coefficient (Wildman–Crippen LogP) is 3.37. The van der Waals surface area contributed by atoms with Crippen LogP contribution in [0.15, 0.2) is 36.5 Å². The van der Waals surface area contributed by atoms with Crippen molar-refractivity contribution in [1.82, 2.24) is 14.9 Å². The summed E-state index contributed by atoms with van der Waals surface area (Å²) in [4.78, 5) is 22.4. The summed E-state index contributed by atoms with van der Waals surface area (Å²) in [5.41, 5.74) is 0.315. The highest BCUT2D eigenvalue weighted by Crippen LogP contribution is 2.24. The van der Waals surface area contributed by atoms with Crippen LogP contribution in [0.5, 0.6) is 11.6 Å². The van der Waals surface area contributed by atoms with Crippen LogP contribution in [0.1, 0.15) is 29.0 Å². The number of piperidine rings is 1. The van der Waals surface area contributed by atoms with Crippen molar-refractivity contribution in [2.45, 2.75) is 32.2 Å². The van der Waals surface area contributed by atoms with E-state index in [2.05, 4.69) is 14.7 Å². The van der Waals surface area contributed by atoms with Crippen LogP contribution in [0.25, 0.3) is 0 Å². The number of hydrogen-bond donors (Lipinski definition) is 0. The summed E-state index contributed by atoms with van der Waals surface area (Å²) >= 11 is 0. The summed E-state index contributed by atoms with van der Waals surface area (Å²) in [6.07, 6.45) is -1.89. The molecule has 0 atom stereocenters. The van der Waals surface area contributed by atoms with Gasteiger partial charge in [-0.2, -0.15) is 4.98 Å². The number of aromatic nitrogens is 2. The summed E-state index contributed by atoms with van der Waals surface area (Å²) in [6, 6.07) is 6.61. The van der Waals surface area contributed by atoms with Crippen molar-refractivity contribution in [2.75, 3.05) is 13.1 Å². The molecule has 1 aromatic heterocycles. The van der Waals surface area contributed by atoms with E-state index in [-0.39, 0.29) is 17.8 Å². The number of ether oxygens (including phenoxy) is 2. The smallest absolute Gasteiger partial charge is 0.474 e. The Morgan fingerprint density at radius 2 is 1.81 bits per heavy atom. The number of aryl methyl sites for hydroxylation is 1. The van der Waals surface area contributed by atoms with Crippen LogP contribution < -0.4 is 9.47 Å². The molecule has 1 aliphatic rings. The number of alkyl halides is 3. The second kappa shape index (κ2) is 7.81. The van der Waals surface area contributed by atoms with Gasteiger partial charge < -0.3 is 14.4 Å². The molecule has 9 heteroatoms. The number of halogens is 3. The van der Waals surface area contributed by atoms with Gasteiger partial charge in [0.05, 0.1) is 0 Å². The first-order valence-electron chi connectivity index (χ1n) is 8.41. The molecule has 0 aliphatic carbocycles. The van der Waals surface area contributed by atoms with Gasteiger partial charge in [-0.15, -0.1) is 13.2 Å². The maximum atomic E-state index is 12.5. The zero-order valence-corrected chi connectivity index (χ0v) is 14.6. The number of carbonyl (C=O) groups excluding carboxylic acids is 1. The van der Waals surface area contributed by atoms with E-state index in [1.54, 1.807) is 24.1 Å². The van der Waals surface area contributed by atoms with Crippen LogP contribution in [0, 0.1) is 6.92 Å². The maximum absolute atomic E-state index is 12.5. The van der Waals surface area contributed by atoms with Gasteiger partial charge in [-0.05, 0) is 31.2 Å². The minimum atomic E-state index is -4.75. The molecule has 1 saturated heterocycles. The third kappa shape index (κ3) is 5.32. The molecule has 0 radical (unpaired) electrons. The summed E-state index contributed by atoms with van der Waals surface area (Å²) in [5.74, 6) is 0.543. The lowest BCUT2D eigenvalue weighted by atomic mass is 10.1. The molecule has 1 aliphatic heterocycles. The fourth-order valence-corrected chi connectivity index (χ4v) is 2.83. The van der Waals surface area contributed by atoms with Crippen molar-refractivity contribution >= 4 is 5.91 Å². The summed E-state index contributed by atoms with van der Waals surface area (Å²) in [7, 11) is 0. The SMILES string of the molecule is Cc1nccc(OC2CCN(C(=O)c3ccc(OC(F)(F)F)cc3)CC2)n1. The van der Waals surface area contributed by atoms with Gasteiger partial charge in [-0.1, -0.05) is 0 Å². The molecule has 2 aromatic rings. The van der Waals surface area contributed by atoms with Gasteiger partial charge >= 0.3 is 6.36 Å². The Hall–Kier alpha value is -2.84. The van der Waals surface area contributed by atoms with E-state index in [4.69, 9.17) is 4.74 Å². The van der Waals surface area contributed by atoms with Gasteiger partial charge in [0.2, 0.25) is 5.88 Å². The average Bonchev–Trinajstić information content (AvgIpc) is 2.61. The molecule has 0 unspecified atom stereocenters. The van der Waals surface area contributed by atoms with Crippen molar-refractivity contribution in [3.05, 3.63) is 47.9 Å². The van der Waals surface area contributed by atoms with Crippen LogP contribution in [0.3, 0.4) is 0 Å². The number of carbonyl (C=O) groups is 1. The second-order valence-corrected chi connectivity index (χ2v) is 6.12. The molecule has 1 fully saturated rings. The molecule has 1 amide bonds. The third-order valence-corrected chi connectivity index (χ3v) is 4.10. The summed E-state index contributed by atoms with van der Waals surface area (Å²) in [6.45, 7) is 2.77. The molecule has 27 heavy (non-hydrogen) atoms. The highest BCUT2D eigenvalue weighted by Gasteiger charge is 2.31. The minimum Gasteiger partial charge on any atom is -0.474 e. The first-order chi connectivity index (χ1) is 12.8. The normalized spacial score (nSPS) is 15.5. The van der Waals surface area contributed by atoms with Crippen LogP contribution in [-0.4, -0.2) is 46.3 Å². The van der Waals surface area contributed by atoms with Crippen LogP contribution >= 0.6 is 0 Å². The Labute approximate surface area is 153 Å². The van der Waals surface area contributed by atoms with Crippen molar-refractivity contribution < 1.29 is 27.4 Å². The maximum Gasteiger partial charge on any atom is 0.573 e.